The Bertz CT molecular complexity index is 498. The maximum Gasteiger partial charge on any atom is 0.136 e. The third-order valence-electron chi connectivity index (χ3n) is 3.60. The van der Waals surface area contributed by atoms with E-state index in [-0.39, 0.29) is 5.41 Å². The van der Waals surface area contributed by atoms with Crippen LogP contribution in [0, 0.1) is 0 Å². The molecule has 3 rings (SSSR count). The zero-order valence-electron chi connectivity index (χ0n) is 9.60. The molecule has 0 aliphatic heterocycles. The van der Waals surface area contributed by atoms with Gasteiger partial charge in [-0.25, -0.2) is 9.97 Å². The number of rotatable bonds is 3. The maximum atomic E-state index is 5.89. The summed E-state index contributed by atoms with van der Waals surface area (Å²) in [6.45, 7) is 0.654. The van der Waals surface area contributed by atoms with Crippen LogP contribution in [0.4, 0.5) is 0 Å². The number of nitrogens with two attached hydrogens (primary N) is 1. The Morgan fingerprint density at radius 1 is 1.35 bits per heavy atom. The molecule has 0 aromatic carbocycles. The first kappa shape index (κ1) is 10.9. The number of hydrogen-bond acceptors (Lipinski definition) is 4. The van der Waals surface area contributed by atoms with Crippen LogP contribution in [0.25, 0.3) is 10.6 Å². The molecule has 1 aliphatic carbocycles. The summed E-state index contributed by atoms with van der Waals surface area (Å²) in [5.41, 5.74) is 6.96. The molecule has 0 amide bonds. The van der Waals surface area contributed by atoms with Gasteiger partial charge in [-0.15, -0.1) is 11.3 Å². The van der Waals surface area contributed by atoms with E-state index in [1.165, 1.54) is 11.3 Å². The smallest absolute Gasteiger partial charge is 0.136 e. The molecule has 4 heteroatoms. The third-order valence-corrected chi connectivity index (χ3v) is 4.50. The van der Waals surface area contributed by atoms with Crippen molar-refractivity contribution >= 4 is 11.3 Å². The quantitative estimate of drug-likeness (QED) is 0.904. The monoisotopic (exact) mass is 245 g/mol. The van der Waals surface area contributed by atoms with Crippen molar-refractivity contribution in [2.24, 2.45) is 5.73 Å². The molecule has 1 fully saturated rings. The first-order chi connectivity index (χ1) is 8.34. The highest BCUT2D eigenvalue weighted by Gasteiger charge is 2.40. The molecule has 17 heavy (non-hydrogen) atoms. The number of thiophene rings is 1. The van der Waals surface area contributed by atoms with E-state index in [1.54, 1.807) is 11.3 Å². The van der Waals surface area contributed by atoms with Gasteiger partial charge in [0.25, 0.3) is 0 Å². The Morgan fingerprint density at radius 2 is 2.24 bits per heavy atom. The summed E-state index contributed by atoms with van der Waals surface area (Å²) < 4.78 is 0. The van der Waals surface area contributed by atoms with E-state index in [2.05, 4.69) is 16.4 Å². The lowest BCUT2D eigenvalue weighted by Gasteiger charge is -2.39. The van der Waals surface area contributed by atoms with Gasteiger partial charge >= 0.3 is 0 Å². The lowest BCUT2D eigenvalue weighted by atomic mass is 9.68. The van der Waals surface area contributed by atoms with Crippen LogP contribution in [0.1, 0.15) is 25.1 Å². The van der Waals surface area contributed by atoms with Crippen LogP contribution in [0.3, 0.4) is 0 Å². The van der Waals surface area contributed by atoms with Crippen LogP contribution in [-0.4, -0.2) is 16.5 Å². The Hall–Kier alpha value is -1.26. The number of aromatic nitrogens is 2. The van der Waals surface area contributed by atoms with Gasteiger partial charge in [-0.05, 0) is 30.4 Å². The molecular weight excluding hydrogens is 230 g/mol. The predicted octanol–water partition coefficient (Wildman–Crippen LogP) is 2.59. The molecule has 2 N–H and O–H groups in total. The molecular formula is C13H15N3S. The second-order valence-electron chi connectivity index (χ2n) is 4.58. The van der Waals surface area contributed by atoms with E-state index in [0.717, 1.165) is 24.4 Å². The molecule has 0 saturated heterocycles. The summed E-state index contributed by atoms with van der Waals surface area (Å²) >= 11 is 1.71. The van der Waals surface area contributed by atoms with Crippen LogP contribution >= 0.6 is 11.3 Å². The molecule has 0 atom stereocenters. The summed E-state index contributed by atoms with van der Waals surface area (Å²) in [6.07, 6.45) is 5.34. The summed E-state index contributed by atoms with van der Waals surface area (Å²) in [5, 5.41) is 2.07. The molecule has 0 unspecified atom stereocenters. The fourth-order valence-electron chi connectivity index (χ4n) is 2.30. The van der Waals surface area contributed by atoms with Crippen molar-refractivity contribution in [3.8, 4) is 10.6 Å². The van der Waals surface area contributed by atoms with Gasteiger partial charge in [0, 0.05) is 18.2 Å². The number of nitrogens with zero attached hydrogens (tertiary/aromatic N) is 2. The number of hydrogen-bond donors (Lipinski definition) is 1. The van der Waals surface area contributed by atoms with E-state index < -0.39 is 0 Å². The van der Waals surface area contributed by atoms with Crippen molar-refractivity contribution in [1.29, 1.82) is 0 Å². The lowest BCUT2D eigenvalue weighted by molar-refractivity contribution is 0.238. The Morgan fingerprint density at radius 3 is 2.82 bits per heavy atom. The minimum absolute atomic E-state index is 0.0489. The fraction of sp³-hybridized carbons (Fsp3) is 0.385. The van der Waals surface area contributed by atoms with Crippen molar-refractivity contribution in [2.75, 3.05) is 6.54 Å². The van der Waals surface area contributed by atoms with Gasteiger partial charge in [-0.2, -0.15) is 0 Å². The molecule has 2 heterocycles. The maximum absolute atomic E-state index is 5.89. The van der Waals surface area contributed by atoms with Crippen molar-refractivity contribution in [1.82, 2.24) is 9.97 Å². The van der Waals surface area contributed by atoms with Crippen LogP contribution in [0.2, 0.25) is 0 Å². The highest BCUT2D eigenvalue weighted by Crippen LogP contribution is 2.41. The fourth-order valence-corrected chi connectivity index (χ4v) is 2.99. The zero-order chi connectivity index (χ0) is 11.7. The summed E-state index contributed by atoms with van der Waals surface area (Å²) in [7, 11) is 0. The van der Waals surface area contributed by atoms with Crippen molar-refractivity contribution in [3.05, 3.63) is 35.6 Å². The first-order valence-electron chi connectivity index (χ1n) is 5.92. The minimum Gasteiger partial charge on any atom is -0.329 e. The van der Waals surface area contributed by atoms with E-state index >= 15 is 0 Å². The van der Waals surface area contributed by atoms with E-state index in [4.69, 9.17) is 10.7 Å². The molecule has 2 aromatic heterocycles. The van der Waals surface area contributed by atoms with Gasteiger partial charge in [0.1, 0.15) is 5.82 Å². The normalized spacial score (nSPS) is 17.7. The summed E-state index contributed by atoms with van der Waals surface area (Å²) in [6, 6.07) is 6.11. The van der Waals surface area contributed by atoms with Crippen LogP contribution < -0.4 is 5.73 Å². The molecule has 3 nitrogen and oxygen atoms in total. The molecule has 88 valence electrons. The molecule has 2 aromatic rings. The van der Waals surface area contributed by atoms with E-state index in [0.29, 0.717) is 6.54 Å². The predicted molar refractivity (Wildman–Crippen MR) is 69.9 cm³/mol. The second kappa shape index (κ2) is 4.20. The lowest BCUT2D eigenvalue weighted by Crippen LogP contribution is -2.43. The van der Waals surface area contributed by atoms with Gasteiger partial charge in [-0.1, -0.05) is 12.5 Å². The third kappa shape index (κ3) is 1.77. The Balaban J connectivity index is 1.99. The van der Waals surface area contributed by atoms with Crippen LogP contribution in [-0.2, 0) is 5.41 Å². The Labute approximate surface area is 105 Å². The second-order valence-corrected chi connectivity index (χ2v) is 5.53. The van der Waals surface area contributed by atoms with Gasteiger partial charge in [0.2, 0.25) is 0 Å². The largest absolute Gasteiger partial charge is 0.329 e. The molecule has 0 spiro atoms. The van der Waals surface area contributed by atoms with Crippen LogP contribution in [0.5, 0.6) is 0 Å². The van der Waals surface area contributed by atoms with Gasteiger partial charge in [-0.3, -0.25) is 0 Å². The topological polar surface area (TPSA) is 51.8 Å². The van der Waals surface area contributed by atoms with Crippen molar-refractivity contribution in [2.45, 2.75) is 24.7 Å². The zero-order valence-corrected chi connectivity index (χ0v) is 10.4. The van der Waals surface area contributed by atoms with Gasteiger partial charge in [0.05, 0.1) is 10.6 Å². The minimum atomic E-state index is 0.0489. The van der Waals surface area contributed by atoms with Gasteiger partial charge in [0.15, 0.2) is 0 Å². The highest BCUT2D eigenvalue weighted by molar-refractivity contribution is 7.13. The summed E-state index contributed by atoms with van der Waals surface area (Å²) in [5.74, 6) is 0.928. The molecule has 0 bridgehead atoms. The Kier molecular flexibility index (Phi) is 2.68. The molecule has 1 aliphatic rings. The summed E-state index contributed by atoms with van der Waals surface area (Å²) in [4.78, 5) is 10.3. The van der Waals surface area contributed by atoms with E-state index in [1.807, 2.05) is 18.3 Å². The average Bonchev–Trinajstić information content (AvgIpc) is 2.82. The average molecular weight is 245 g/mol. The standard InChI is InChI=1S/C13H15N3S/c14-9-13(5-2-6-13)12-15-7-4-10(16-12)11-3-1-8-17-11/h1,3-4,7-8H,2,5-6,9,14H2. The first-order valence-corrected chi connectivity index (χ1v) is 6.79. The van der Waals surface area contributed by atoms with Crippen molar-refractivity contribution in [3.63, 3.8) is 0 Å². The van der Waals surface area contributed by atoms with Gasteiger partial charge < -0.3 is 5.73 Å². The van der Waals surface area contributed by atoms with Crippen LogP contribution in [0.15, 0.2) is 29.8 Å². The highest BCUT2D eigenvalue weighted by atomic mass is 32.1. The molecule has 1 saturated carbocycles. The van der Waals surface area contributed by atoms with Crippen molar-refractivity contribution < 1.29 is 0 Å². The molecule has 0 radical (unpaired) electrons. The van der Waals surface area contributed by atoms with E-state index in [9.17, 15) is 0 Å². The SMILES string of the molecule is NCC1(c2nccc(-c3cccs3)n2)CCC1.